The molecule has 1 aromatic heterocycles. The van der Waals surface area contributed by atoms with E-state index < -0.39 is 0 Å². The second-order valence-electron chi connectivity index (χ2n) is 4.72. The number of hydrogen-bond donors (Lipinski definition) is 0. The summed E-state index contributed by atoms with van der Waals surface area (Å²) in [5.41, 5.74) is 1.75. The second kappa shape index (κ2) is 5.10. The number of benzene rings is 1. The standard InChI is InChI=1S/C15H14ClNO2/c16-13-5-3-11(4-6-13)14-2-1-8-17(14)15(18)12-7-9-19-10-12/h3-7,9-10,14H,1-2,8H2. The average molecular weight is 276 g/mol. The molecule has 1 amide bonds. The van der Waals surface area contributed by atoms with Gasteiger partial charge in [0.15, 0.2) is 0 Å². The van der Waals surface area contributed by atoms with Gasteiger partial charge in [-0.15, -0.1) is 0 Å². The monoisotopic (exact) mass is 275 g/mol. The Morgan fingerprint density at radius 1 is 1.26 bits per heavy atom. The van der Waals surface area contributed by atoms with Gasteiger partial charge in [-0.05, 0) is 36.6 Å². The van der Waals surface area contributed by atoms with Crippen LogP contribution in [0.15, 0.2) is 47.3 Å². The van der Waals surface area contributed by atoms with Crippen LogP contribution in [0.5, 0.6) is 0 Å². The molecule has 1 atom stereocenters. The SMILES string of the molecule is O=C(c1ccoc1)N1CCCC1c1ccc(Cl)cc1. The summed E-state index contributed by atoms with van der Waals surface area (Å²) in [4.78, 5) is 14.3. The molecule has 1 fully saturated rings. The highest BCUT2D eigenvalue weighted by atomic mass is 35.5. The Kier molecular flexibility index (Phi) is 3.30. The summed E-state index contributed by atoms with van der Waals surface area (Å²) >= 11 is 5.91. The van der Waals surface area contributed by atoms with Gasteiger partial charge in [0.25, 0.3) is 5.91 Å². The van der Waals surface area contributed by atoms with Crippen molar-refractivity contribution >= 4 is 17.5 Å². The lowest BCUT2D eigenvalue weighted by Gasteiger charge is -2.24. The van der Waals surface area contributed by atoms with Crippen LogP contribution in [0.2, 0.25) is 5.02 Å². The van der Waals surface area contributed by atoms with E-state index in [0.29, 0.717) is 5.56 Å². The van der Waals surface area contributed by atoms with Crippen molar-refractivity contribution < 1.29 is 9.21 Å². The first-order valence-corrected chi connectivity index (χ1v) is 6.72. The lowest BCUT2D eigenvalue weighted by Crippen LogP contribution is -2.30. The first kappa shape index (κ1) is 12.3. The summed E-state index contributed by atoms with van der Waals surface area (Å²) in [5.74, 6) is 0.0335. The van der Waals surface area contributed by atoms with E-state index in [2.05, 4.69) is 0 Å². The fraction of sp³-hybridized carbons (Fsp3) is 0.267. The molecule has 1 aliphatic rings. The zero-order valence-corrected chi connectivity index (χ0v) is 11.1. The van der Waals surface area contributed by atoms with Crippen molar-refractivity contribution in [3.63, 3.8) is 0 Å². The molecule has 1 saturated heterocycles. The maximum Gasteiger partial charge on any atom is 0.257 e. The molecule has 0 saturated carbocycles. The molecular formula is C15H14ClNO2. The molecule has 1 unspecified atom stereocenters. The minimum Gasteiger partial charge on any atom is -0.472 e. The van der Waals surface area contributed by atoms with Crippen LogP contribution in [-0.2, 0) is 0 Å². The van der Waals surface area contributed by atoms with Crippen LogP contribution in [-0.4, -0.2) is 17.4 Å². The van der Waals surface area contributed by atoms with Crippen molar-refractivity contribution in [2.45, 2.75) is 18.9 Å². The topological polar surface area (TPSA) is 33.5 Å². The van der Waals surface area contributed by atoms with Crippen LogP contribution in [0.4, 0.5) is 0 Å². The Morgan fingerprint density at radius 2 is 2.05 bits per heavy atom. The van der Waals surface area contributed by atoms with Crippen LogP contribution in [0.25, 0.3) is 0 Å². The van der Waals surface area contributed by atoms with Gasteiger partial charge >= 0.3 is 0 Å². The van der Waals surface area contributed by atoms with Gasteiger partial charge in [0.1, 0.15) is 6.26 Å². The van der Waals surface area contributed by atoms with Crippen LogP contribution in [0.1, 0.15) is 34.8 Å². The Morgan fingerprint density at radius 3 is 2.74 bits per heavy atom. The molecule has 19 heavy (non-hydrogen) atoms. The van der Waals surface area contributed by atoms with Gasteiger partial charge in [-0.2, -0.15) is 0 Å². The van der Waals surface area contributed by atoms with Crippen LogP contribution < -0.4 is 0 Å². The molecule has 3 nitrogen and oxygen atoms in total. The summed E-state index contributed by atoms with van der Waals surface area (Å²) in [6.07, 6.45) is 5.04. The minimum atomic E-state index is 0.0335. The summed E-state index contributed by atoms with van der Waals surface area (Å²) < 4.78 is 4.99. The number of carbonyl (C=O) groups is 1. The van der Waals surface area contributed by atoms with E-state index >= 15 is 0 Å². The van der Waals surface area contributed by atoms with Crippen molar-refractivity contribution in [1.29, 1.82) is 0 Å². The Balaban J connectivity index is 1.85. The van der Waals surface area contributed by atoms with Crippen molar-refractivity contribution in [3.8, 4) is 0 Å². The Bertz CT molecular complexity index is 562. The highest BCUT2D eigenvalue weighted by molar-refractivity contribution is 6.30. The number of halogens is 1. The first-order valence-electron chi connectivity index (χ1n) is 6.34. The zero-order chi connectivity index (χ0) is 13.2. The Hall–Kier alpha value is -1.74. The molecule has 0 aliphatic carbocycles. The van der Waals surface area contributed by atoms with Crippen molar-refractivity contribution in [3.05, 3.63) is 59.0 Å². The van der Waals surface area contributed by atoms with E-state index in [1.54, 1.807) is 6.07 Å². The third kappa shape index (κ3) is 2.38. The van der Waals surface area contributed by atoms with Crippen LogP contribution in [0, 0.1) is 0 Å². The number of hydrogen-bond acceptors (Lipinski definition) is 2. The van der Waals surface area contributed by atoms with Crippen molar-refractivity contribution in [2.24, 2.45) is 0 Å². The van der Waals surface area contributed by atoms with Gasteiger partial charge in [0.2, 0.25) is 0 Å². The number of likely N-dealkylation sites (tertiary alicyclic amines) is 1. The third-order valence-electron chi connectivity index (χ3n) is 3.54. The van der Waals surface area contributed by atoms with E-state index in [-0.39, 0.29) is 11.9 Å². The van der Waals surface area contributed by atoms with E-state index in [1.807, 2.05) is 29.2 Å². The van der Waals surface area contributed by atoms with Gasteiger partial charge < -0.3 is 9.32 Å². The van der Waals surface area contributed by atoms with Gasteiger partial charge in [-0.25, -0.2) is 0 Å². The van der Waals surface area contributed by atoms with E-state index in [1.165, 1.54) is 12.5 Å². The number of furan rings is 1. The molecule has 2 aromatic rings. The number of nitrogens with zero attached hydrogens (tertiary/aromatic N) is 1. The molecular weight excluding hydrogens is 262 g/mol. The largest absolute Gasteiger partial charge is 0.472 e. The summed E-state index contributed by atoms with van der Waals surface area (Å²) in [7, 11) is 0. The quantitative estimate of drug-likeness (QED) is 0.832. The van der Waals surface area contributed by atoms with E-state index in [0.717, 1.165) is 30.0 Å². The smallest absolute Gasteiger partial charge is 0.257 e. The van der Waals surface area contributed by atoms with Crippen LogP contribution >= 0.6 is 11.6 Å². The van der Waals surface area contributed by atoms with Gasteiger partial charge in [0.05, 0.1) is 17.9 Å². The normalized spacial score (nSPS) is 18.8. The highest BCUT2D eigenvalue weighted by Crippen LogP contribution is 2.33. The predicted octanol–water partition coefficient (Wildman–Crippen LogP) is 3.91. The lowest BCUT2D eigenvalue weighted by atomic mass is 10.0. The molecule has 3 rings (SSSR count). The number of carbonyl (C=O) groups excluding carboxylic acids is 1. The molecule has 4 heteroatoms. The average Bonchev–Trinajstić information content (AvgIpc) is 3.10. The maximum absolute atomic E-state index is 12.4. The molecule has 0 spiro atoms. The van der Waals surface area contributed by atoms with Crippen molar-refractivity contribution in [2.75, 3.05) is 6.54 Å². The molecule has 0 radical (unpaired) electrons. The number of rotatable bonds is 2. The summed E-state index contributed by atoms with van der Waals surface area (Å²) in [6.45, 7) is 0.789. The first-order chi connectivity index (χ1) is 9.25. The highest BCUT2D eigenvalue weighted by Gasteiger charge is 2.30. The predicted molar refractivity (Wildman–Crippen MR) is 73.2 cm³/mol. The van der Waals surface area contributed by atoms with Crippen LogP contribution in [0.3, 0.4) is 0 Å². The fourth-order valence-electron chi connectivity index (χ4n) is 2.59. The van der Waals surface area contributed by atoms with Gasteiger partial charge in [-0.1, -0.05) is 23.7 Å². The zero-order valence-electron chi connectivity index (χ0n) is 10.4. The molecule has 1 aliphatic heterocycles. The maximum atomic E-state index is 12.4. The van der Waals surface area contributed by atoms with Crippen molar-refractivity contribution in [1.82, 2.24) is 4.90 Å². The number of amides is 1. The fourth-order valence-corrected chi connectivity index (χ4v) is 2.72. The van der Waals surface area contributed by atoms with Gasteiger partial charge in [-0.3, -0.25) is 4.79 Å². The molecule has 0 N–H and O–H groups in total. The van der Waals surface area contributed by atoms with Gasteiger partial charge in [0, 0.05) is 11.6 Å². The molecule has 98 valence electrons. The Labute approximate surface area is 116 Å². The lowest BCUT2D eigenvalue weighted by molar-refractivity contribution is 0.0735. The molecule has 2 heterocycles. The third-order valence-corrected chi connectivity index (χ3v) is 3.79. The second-order valence-corrected chi connectivity index (χ2v) is 5.16. The minimum absolute atomic E-state index is 0.0335. The van der Waals surface area contributed by atoms with E-state index in [9.17, 15) is 4.79 Å². The molecule has 1 aromatic carbocycles. The van der Waals surface area contributed by atoms with E-state index in [4.69, 9.17) is 16.0 Å². The summed E-state index contributed by atoms with van der Waals surface area (Å²) in [6, 6.07) is 9.58. The molecule has 0 bridgehead atoms. The summed E-state index contributed by atoms with van der Waals surface area (Å²) in [5, 5.41) is 0.717.